The molecule has 0 bridgehead atoms. The van der Waals surface area contributed by atoms with Crippen LogP contribution in [0, 0.1) is 6.92 Å². The summed E-state index contributed by atoms with van der Waals surface area (Å²) in [4.78, 5) is 12.0. The minimum Gasteiger partial charge on any atom is -0.494 e. The lowest BCUT2D eigenvalue weighted by atomic mass is 10.2. The number of thioether (sulfide) groups is 1. The van der Waals surface area contributed by atoms with E-state index in [1.54, 1.807) is 11.8 Å². The maximum Gasteiger partial charge on any atom is 0.234 e. The quantitative estimate of drug-likeness (QED) is 0.848. The molecule has 1 heterocycles. The van der Waals surface area contributed by atoms with E-state index < -0.39 is 0 Å². The number of rotatable bonds is 6. The lowest BCUT2D eigenvalue weighted by Crippen LogP contribution is -2.30. The van der Waals surface area contributed by atoms with Crippen LogP contribution in [-0.4, -0.2) is 36.6 Å². The predicted octanol–water partition coefficient (Wildman–Crippen LogP) is 2.82. The molecule has 0 atom stereocenters. The number of carbonyl (C=O) groups excluding carboxylic acids is 1. The number of nitrogens with one attached hydrogen (secondary N) is 2. The lowest BCUT2D eigenvalue weighted by Gasteiger charge is -2.21. The van der Waals surface area contributed by atoms with Crippen LogP contribution in [0.1, 0.15) is 25.3 Å². The van der Waals surface area contributed by atoms with E-state index >= 15 is 0 Å². The second-order valence-corrected chi connectivity index (χ2v) is 6.51. The number of carbonyl (C=O) groups is 1. The van der Waals surface area contributed by atoms with Gasteiger partial charge in [-0.15, -0.1) is 11.8 Å². The SMILES string of the molecule is CCOc1ccc(NC(=O)CSC2CCNCC2)c(C)c1. The zero-order valence-electron chi connectivity index (χ0n) is 12.8. The average molecular weight is 308 g/mol. The highest BCUT2D eigenvalue weighted by molar-refractivity contribution is 8.00. The third-order valence-electron chi connectivity index (χ3n) is 3.52. The average Bonchev–Trinajstić information content (AvgIpc) is 2.49. The first-order valence-corrected chi connectivity index (χ1v) is 8.59. The molecule has 0 saturated carbocycles. The lowest BCUT2D eigenvalue weighted by molar-refractivity contribution is -0.113. The minimum atomic E-state index is 0.0748. The zero-order chi connectivity index (χ0) is 15.1. The van der Waals surface area contributed by atoms with Crippen LogP contribution in [0.4, 0.5) is 5.69 Å². The molecule has 0 radical (unpaired) electrons. The third kappa shape index (κ3) is 5.25. The number of aryl methyl sites for hydroxylation is 1. The number of anilines is 1. The molecule has 1 fully saturated rings. The van der Waals surface area contributed by atoms with Gasteiger partial charge in [0.15, 0.2) is 0 Å². The van der Waals surface area contributed by atoms with Crippen molar-refractivity contribution < 1.29 is 9.53 Å². The molecule has 0 aliphatic carbocycles. The van der Waals surface area contributed by atoms with Crippen LogP contribution in [0.2, 0.25) is 0 Å². The molecule has 1 amide bonds. The van der Waals surface area contributed by atoms with Crippen LogP contribution in [0.3, 0.4) is 0 Å². The van der Waals surface area contributed by atoms with Crippen LogP contribution < -0.4 is 15.4 Å². The van der Waals surface area contributed by atoms with E-state index in [1.165, 1.54) is 0 Å². The first-order valence-electron chi connectivity index (χ1n) is 7.54. The van der Waals surface area contributed by atoms with Crippen molar-refractivity contribution in [3.8, 4) is 5.75 Å². The summed E-state index contributed by atoms with van der Waals surface area (Å²) in [6, 6.07) is 5.76. The largest absolute Gasteiger partial charge is 0.494 e. The van der Waals surface area contributed by atoms with Gasteiger partial charge in [-0.25, -0.2) is 0 Å². The molecule has 1 saturated heterocycles. The maximum absolute atomic E-state index is 12.0. The summed E-state index contributed by atoms with van der Waals surface area (Å²) in [6.07, 6.45) is 2.31. The molecular weight excluding hydrogens is 284 g/mol. The summed E-state index contributed by atoms with van der Waals surface area (Å²) in [5.41, 5.74) is 1.90. The van der Waals surface area contributed by atoms with E-state index in [0.29, 0.717) is 17.6 Å². The van der Waals surface area contributed by atoms with Gasteiger partial charge in [0.25, 0.3) is 0 Å². The molecule has 1 aromatic carbocycles. The van der Waals surface area contributed by atoms with Crippen molar-refractivity contribution in [3.05, 3.63) is 23.8 Å². The molecule has 0 unspecified atom stereocenters. The highest BCUT2D eigenvalue weighted by atomic mass is 32.2. The van der Waals surface area contributed by atoms with Crippen LogP contribution in [0.25, 0.3) is 0 Å². The van der Waals surface area contributed by atoms with Gasteiger partial charge in [-0.05, 0) is 63.5 Å². The van der Waals surface area contributed by atoms with Crippen molar-refractivity contribution in [3.63, 3.8) is 0 Å². The smallest absolute Gasteiger partial charge is 0.234 e. The molecule has 116 valence electrons. The molecular formula is C16H24N2O2S. The van der Waals surface area contributed by atoms with Crippen molar-refractivity contribution in [2.24, 2.45) is 0 Å². The van der Waals surface area contributed by atoms with Gasteiger partial charge in [0.05, 0.1) is 12.4 Å². The van der Waals surface area contributed by atoms with Gasteiger partial charge in [-0.3, -0.25) is 4.79 Å². The Kier molecular flexibility index (Phi) is 6.39. The molecule has 5 heteroatoms. The Morgan fingerprint density at radius 3 is 2.86 bits per heavy atom. The third-order valence-corrected chi connectivity index (χ3v) is 4.89. The monoisotopic (exact) mass is 308 g/mol. The molecule has 1 aliphatic rings. The summed E-state index contributed by atoms with van der Waals surface area (Å²) >= 11 is 1.77. The minimum absolute atomic E-state index is 0.0748. The fraction of sp³-hybridized carbons (Fsp3) is 0.562. The summed E-state index contributed by atoms with van der Waals surface area (Å²) < 4.78 is 5.45. The van der Waals surface area contributed by atoms with Crippen molar-refractivity contribution in [1.29, 1.82) is 0 Å². The standard InChI is InChI=1S/C16H24N2O2S/c1-3-20-13-4-5-15(12(2)10-13)18-16(19)11-21-14-6-8-17-9-7-14/h4-5,10,14,17H,3,6-9,11H2,1-2H3,(H,18,19). The van der Waals surface area contributed by atoms with Gasteiger partial charge in [-0.2, -0.15) is 0 Å². The molecule has 1 aliphatic heterocycles. The predicted molar refractivity (Wildman–Crippen MR) is 89.3 cm³/mol. The number of benzene rings is 1. The summed E-state index contributed by atoms with van der Waals surface area (Å²) in [6.45, 7) is 6.73. The summed E-state index contributed by atoms with van der Waals surface area (Å²) in [5, 5.41) is 6.94. The molecule has 2 rings (SSSR count). The number of hydrogen-bond donors (Lipinski definition) is 2. The van der Waals surface area contributed by atoms with E-state index in [9.17, 15) is 4.79 Å². The van der Waals surface area contributed by atoms with Gasteiger partial charge in [-0.1, -0.05) is 0 Å². The van der Waals surface area contributed by atoms with Crippen LogP contribution in [0.5, 0.6) is 5.75 Å². The van der Waals surface area contributed by atoms with Gasteiger partial charge < -0.3 is 15.4 Å². The first kappa shape index (κ1) is 16.2. The number of piperidine rings is 1. The molecule has 21 heavy (non-hydrogen) atoms. The summed E-state index contributed by atoms with van der Waals surface area (Å²) in [5.74, 6) is 1.44. The molecule has 1 aromatic rings. The van der Waals surface area contributed by atoms with Crippen molar-refractivity contribution in [2.75, 3.05) is 30.8 Å². The van der Waals surface area contributed by atoms with Crippen LogP contribution in [-0.2, 0) is 4.79 Å². The molecule has 0 aromatic heterocycles. The Morgan fingerprint density at radius 2 is 2.19 bits per heavy atom. The number of amides is 1. The van der Waals surface area contributed by atoms with E-state index in [-0.39, 0.29) is 5.91 Å². The van der Waals surface area contributed by atoms with E-state index in [2.05, 4.69) is 10.6 Å². The Morgan fingerprint density at radius 1 is 1.43 bits per heavy atom. The first-order chi connectivity index (χ1) is 10.2. The Balaban J connectivity index is 1.81. The van der Waals surface area contributed by atoms with E-state index in [1.807, 2.05) is 32.0 Å². The fourth-order valence-electron chi connectivity index (χ4n) is 2.37. The topological polar surface area (TPSA) is 50.4 Å². The normalized spacial score (nSPS) is 15.7. The van der Waals surface area contributed by atoms with Gasteiger partial charge in [0, 0.05) is 10.9 Å². The number of ether oxygens (including phenoxy) is 1. The zero-order valence-corrected chi connectivity index (χ0v) is 13.6. The molecule has 2 N–H and O–H groups in total. The maximum atomic E-state index is 12.0. The number of hydrogen-bond acceptors (Lipinski definition) is 4. The molecule has 0 spiro atoms. The second-order valence-electron chi connectivity index (χ2n) is 5.22. The fourth-order valence-corrected chi connectivity index (χ4v) is 3.40. The van der Waals surface area contributed by atoms with Gasteiger partial charge >= 0.3 is 0 Å². The second kappa shape index (κ2) is 8.29. The van der Waals surface area contributed by atoms with Crippen LogP contribution in [0.15, 0.2) is 18.2 Å². The Hall–Kier alpha value is -1.20. The highest BCUT2D eigenvalue weighted by Crippen LogP contribution is 2.23. The Labute approximate surface area is 131 Å². The van der Waals surface area contributed by atoms with Crippen molar-refractivity contribution in [1.82, 2.24) is 5.32 Å². The van der Waals surface area contributed by atoms with Gasteiger partial charge in [0.1, 0.15) is 5.75 Å². The van der Waals surface area contributed by atoms with E-state index in [4.69, 9.17) is 4.74 Å². The van der Waals surface area contributed by atoms with Gasteiger partial charge in [0.2, 0.25) is 5.91 Å². The van der Waals surface area contributed by atoms with Crippen molar-refractivity contribution >= 4 is 23.4 Å². The summed E-state index contributed by atoms with van der Waals surface area (Å²) in [7, 11) is 0. The highest BCUT2D eigenvalue weighted by Gasteiger charge is 2.15. The van der Waals surface area contributed by atoms with E-state index in [0.717, 1.165) is 42.9 Å². The van der Waals surface area contributed by atoms with Crippen LogP contribution >= 0.6 is 11.8 Å². The molecule has 4 nitrogen and oxygen atoms in total. The Bertz CT molecular complexity index is 473. The van der Waals surface area contributed by atoms with Crippen molar-refractivity contribution in [2.45, 2.75) is 31.9 Å².